The molecule has 0 aliphatic carbocycles. The number of carbonyl (C=O) groups is 2. The molecule has 90 valence electrons. The topological polar surface area (TPSA) is 102 Å². The van der Waals surface area contributed by atoms with E-state index in [9.17, 15) is 19.7 Å². The third kappa shape index (κ3) is 3.07. The molecule has 2 amide bonds. The fourth-order valence-electron chi connectivity index (χ4n) is 1.05. The first-order valence-corrected chi connectivity index (χ1v) is 4.87. The van der Waals surface area contributed by atoms with Gasteiger partial charge < -0.3 is 0 Å². The predicted molar refractivity (Wildman–Crippen MR) is 58.2 cm³/mol. The molecule has 0 aromatic carbocycles. The van der Waals surface area contributed by atoms with E-state index in [0.29, 0.717) is 0 Å². The van der Waals surface area contributed by atoms with Gasteiger partial charge in [0.25, 0.3) is 11.6 Å². The summed E-state index contributed by atoms with van der Waals surface area (Å²) in [6.07, 6.45) is 2.22. The van der Waals surface area contributed by atoms with Crippen LogP contribution in [0.1, 0.15) is 24.2 Å². The number of nitro groups is 1. The normalized spacial score (nSPS) is 10.1. The average molecular weight is 237 g/mol. The van der Waals surface area contributed by atoms with Gasteiger partial charge in [-0.15, -0.1) is 0 Å². The lowest BCUT2D eigenvalue weighted by Crippen LogP contribution is -2.34. The largest absolute Gasteiger partial charge is 0.300 e. The average Bonchev–Trinajstić information content (AvgIpc) is 2.28. The Labute approximate surface area is 97.0 Å². The molecule has 1 rings (SSSR count). The van der Waals surface area contributed by atoms with Crippen molar-refractivity contribution in [3.8, 4) is 0 Å². The summed E-state index contributed by atoms with van der Waals surface area (Å²) < 4.78 is 0. The van der Waals surface area contributed by atoms with E-state index in [1.54, 1.807) is 13.8 Å². The lowest BCUT2D eigenvalue weighted by atomic mass is 10.2. The van der Waals surface area contributed by atoms with Gasteiger partial charge in [0, 0.05) is 12.1 Å². The van der Waals surface area contributed by atoms with E-state index in [2.05, 4.69) is 10.3 Å². The van der Waals surface area contributed by atoms with Crippen LogP contribution in [-0.2, 0) is 4.79 Å². The van der Waals surface area contributed by atoms with Crippen LogP contribution in [0, 0.1) is 16.0 Å². The van der Waals surface area contributed by atoms with Crippen LogP contribution in [0.25, 0.3) is 0 Å². The number of amides is 2. The van der Waals surface area contributed by atoms with Crippen molar-refractivity contribution in [2.45, 2.75) is 13.8 Å². The first-order chi connectivity index (χ1) is 7.93. The summed E-state index contributed by atoms with van der Waals surface area (Å²) in [5.41, 5.74) is -0.611. The Bertz CT molecular complexity index is 470. The molecular formula is C10H11N3O4. The standard InChI is InChI=1S/C10H11N3O4/c1-6(2)9(14)12-10(15)7-3-4-11-5-8(7)13(16)17/h3-6H,1-2H3,(H,12,14,15). The molecule has 0 saturated carbocycles. The maximum atomic E-state index is 11.6. The second kappa shape index (κ2) is 5.15. The van der Waals surface area contributed by atoms with Gasteiger partial charge in [-0.1, -0.05) is 13.8 Å². The van der Waals surface area contributed by atoms with Crippen molar-refractivity contribution in [3.63, 3.8) is 0 Å². The molecule has 0 spiro atoms. The lowest BCUT2D eigenvalue weighted by Gasteiger charge is -2.06. The number of carbonyl (C=O) groups excluding carboxylic acids is 2. The molecule has 1 aromatic rings. The molecule has 0 fully saturated rings. The molecule has 1 heterocycles. The maximum Gasteiger partial charge on any atom is 0.300 e. The van der Waals surface area contributed by atoms with Crippen molar-refractivity contribution in [1.29, 1.82) is 0 Å². The highest BCUT2D eigenvalue weighted by Crippen LogP contribution is 2.15. The summed E-state index contributed by atoms with van der Waals surface area (Å²) in [7, 11) is 0. The molecule has 17 heavy (non-hydrogen) atoms. The second-order valence-corrected chi connectivity index (χ2v) is 3.62. The zero-order valence-corrected chi connectivity index (χ0v) is 9.34. The van der Waals surface area contributed by atoms with Gasteiger partial charge in [-0.2, -0.15) is 0 Å². The highest BCUT2D eigenvalue weighted by molar-refractivity contribution is 6.07. The molecule has 0 aliphatic rings. The highest BCUT2D eigenvalue weighted by atomic mass is 16.6. The van der Waals surface area contributed by atoms with E-state index in [0.717, 1.165) is 6.20 Å². The maximum absolute atomic E-state index is 11.6. The third-order valence-corrected chi connectivity index (χ3v) is 2.00. The first-order valence-electron chi connectivity index (χ1n) is 4.87. The summed E-state index contributed by atoms with van der Waals surface area (Å²) >= 11 is 0. The molecule has 1 aromatic heterocycles. The van der Waals surface area contributed by atoms with Crippen LogP contribution >= 0.6 is 0 Å². The number of hydrogen-bond acceptors (Lipinski definition) is 5. The molecule has 0 bridgehead atoms. The minimum atomic E-state index is -0.794. The summed E-state index contributed by atoms with van der Waals surface area (Å²) in [5.74, 6) is -1.65. The van der Waals surface area contributed by atoms with Crippen molar-refractivity contribution < 1.29 is 14.5 Å². The van der Waals surface area contributed by atoms with E-state index >= 15 is 0 Å². The van der Waals surface area contributed by atoms with Gasteiger partial charge in [0.05, 0.1) is 4.92 Å². The van der Waals surface area contributed by atoms with Crippen LogP contribution in [0.4, 0.5) is 5.69 Å². The Kier molecular flexibility index (Phi) is 3.86. The van der Waals surface area contributed by atoms with Crippen molar-refractivity contribution in [1.82, 2.24) is 10.3 Å². The lowest BCUT2D eigenvalue weighted by molar-refractivity contribution is -0.385. The van der Waals surface area contributed by atoms with Gasteiger partial charge in [-0.05, 0) is 6.07 Å². The summed E-state index contributed by atoms with van der Waals surface area (Å²) in [6.45, 7) is 3.23. The van der Waals surface area contributed by atoms with Crippen LogP contribution < -0.4 is 5.32 Å². The van der Waals surface area contributed by atoms with Crippen LogP contribution in [-0.4, -0.2) is 21.7 Å². The number of hydrogen-bond donors (Lipinski definition) is 1. The van der Waals surface area contributed by atoms with Gasteiger partial charge in [-0.3, -0.25) is 30.0 Å². The zero-order chi connectivity index (χ0) is 13.0. The quantitative estimate of drug-likeness (QED) is 0.621. The molecule has 0 saturated heterocycles. The Morgan fingerprint density at radius 2 is 2.12 bits per heavy atom. The zero-order valence-electron chi connectivity index (χ0n) is 9.34. The number of aromatic nitrogens is 1. The minimum absolute atomic E-state index is 0.181. The smallest absolute Gasteiger partial charge is 0.292 e. The van der Waals surface area contributed by atoms with Crippen molar-refractivity contribution in [2.75, 3.05) is 0 Å². The van der Waals surface area contributed by atoms with Crippen molar-refractivity contribution >= 4 is 17.5 Å². The van der Waals surface area contributed by atoms with Crippen LogP contribution in [0.3, 0.4) is 0 Å². The molecule has 7 nitrogen and oxygen atoms in total. The van der Waals surface area contributed by atoms with E-state index in [1.807, 2.05) is 0 Å². The monoisotopic (exact) mass is 237 g/mol. The predicted octanol–water partition coefficient (Wildman–Crippen LogP) is 0.902. The number of pyridine rings is 1. The van der Waals surface area contributed by atoms with E-state index < -0.39 is 22.4 Å². The van der Waals surface area contributed by atoms with Gasteiger partial charge in [0.15, 0.2) is 0 Å². The Hall–Kier alpha value is -2.31. The highest BCUT2D eigenvalue weighted by Gasteiger charge is 2.22. The molecule has 0 radical (unpaired) electrons. The van der Waals surface area contributed by atoms with Crippen molar-refractivity contribution in [2.24, 2.45) is 5.92 Å². The van der Waals surface area contributed by atoms with Crippen LogP contribution in [0.15, 0.2) is 18.5 Å². The number of imide groups is 1. The van der Waals surface area contributed by atoms with E-state index in [-0.39, 0.29) is 11.5 Å². The number of rotatable bonds is 3. The van der Waals surface area contributed by atoms with Gasteiger partial charge in [0.1, 0.15) is 11.8 Å². The number of nitrogens with one attached hydrogen (secondary N) is 1. The third-order valence-electron chi connectivity index (χ3n) is 2.00. The molecule has 0 atom stereocenters. The van der Waals surface area contributed by atoms with Crippen molar-refractivity contribution in [3.05, 3.63) is 34.1 Å². The van der Waals surface area contributed by atoms with E-state index in [4.69, 9.17) is 0 Å². The Morgan fingerprint density at radius 1 is 1.47 bits per heavy atom. The summed E-state index contributed by atoms with van der Waals surface area (Å²) in [5, 5.41) is 12.7. The Morgan fingerprint density at radius 3 is 2.65 bits per heavy atom. The molecular weight excluding hydrogens is 226 g/mol. The van der Waals surface area contributed by atoms with E-state index in [1.165, 1.54) is 12.3 Å². The fraction of sp³-hybridized carbons (Fsp3) is 0.300. The summed E-state index contributed by atoms with van der Waals surface area (Å²) in [4.78, 5) is 36.4. The second-order valence-electron chi connectivity index (χ2n) is 3.62. The van der Waals surface area contributed by atoms with Gasteiger partial charge in [-0.25, -0.2) is 0 Å². The van der Waals surface area contributed by atoms with Gasteiger partial charge >= 0.3 is 0 Å². The number of nitrogens with zero attached hydrogens (tertiary/aromatic N) is 2. The SMILES string of the molecule is CC(C)C(=O)NC(=O)c1ccncc1[N+](=O)[O-]. The molecule has 7 heteroatoms. The minimum Gasteiger partial charge on any atom is -0.292 e. The molecule has 0 unspecified atom stereocenters. The van der Waals surface area contributed by atoms with Gasteiger partial charge in [0.2, 0.25) is 5.91 Å². The molecule has 1 N–H and O–H groups in total. The van der Waals surface area contributed by atoms with Crippen LogP contribution in [0.2, 0.25) is 0 Å². The van der Waals surface area contributed by atoms with Crippen LogP contribution in [0.5, 0.6) is 0 Å². The summed E-state index contributed by atoms with van der Waals surface area (Å²) in [6, 6.07) is 1.20. The Balaban J connectivity index is 2.97. The fourth-order valence-corrected chi connectivity index (χ4v) is 1.05. The first kappa shape index (κ1) is 12.8. The molecule has 0 aliphatic heterocycles.